The van der Waals surface area contributed by atoms with Crippen LogP contribution in [0.2, 0.25) is 0 Å². The first-order chi connectivity index (χ1) is 14.1. The summed E-state index contributed by atoms with van der Waals surface area (Å²) >= 11 is 0. The van der Waals surface area contributed by atoms with Crippen LogP contribution in [0.5, 0.6) is 5.75 Å². The fourth-order valence-corrected chi connectivity index (χ4v) is 2.73. The van der Waals surface area contributed by atoms with E-state index in [4.69, 9.17) is 4.74 Å². The van der Waals surface area contributed by atoms with Crippen molar-refractivity contribution in [2.24, 2.45) is 0 Å². The predicted octanol–water partition coefficient (Wildman–Crippen LogP) is 1.77. The SMILES string of the molecule is COc1ccc(C(=O)NNC(=O)Cc2c(C)nc3nc(C(F)(F)F)nn3c2C)cc1. The van der Waals surface area contributed by atoms with Gasteiger partial charge in [0, 0.05) is 22.5 Å². The molecule has 30 heavy (non-hydrogen) atoms. The summed E-state index contributed by atoms with van der Waals surface area (Å²) in [4.78, 5) is 31.7. The summed E-state index contributed by atoms with van der Waals surface area (Å²) in [5, 5.41) is 3.43. The number of hydrogen-bond donors (Lipinski definition) is 2. The predicted molar refractivity (Wildman–Crippen MR) is 97.6 cm³/mol. The van der Waals surface area contributed by atoms with Gasteiger partial charge < -0.3 is 4.74 Å². The summed E-state index contributed by atoms with van der Waals surface area (Å²) in [6, 6.07) is 6.24. The van der Waals surface area contributed by atoms with E-state index in [-0.39, 0.29) is 17.9 Å². The minimum Gasteiger partial charge on any atom is -0.497 e. The van der Waals surface area contributed by atoms with E-state index in [0.717, 1.165) is 4.52 Å². The number of aromatic nitrogens is 4. The maximum Gasteiger partial charge on any atom is 0.453 e. The molecule has 9 nitrogen and oxygen atoms in total. The summed E-state index contributed by atoms with van der Waals surface area (Å²) < 4.78 is 44.5. The number of alkyl halides is 3. The number of amides is 2. The van der Waals surface area contributed by atoms with E-state index >= 15 is 0 Å². The molecule has 0 fully saturated rings. The highest BCUT2D eigenvalue weighted by molar-refractivity contribution is 5.95. The topological polar surface area (TPSA) is 111 Å². The van der Waals surface area contributed by atoms with Gasteiger partial charge in [0.25, 0.3) is 17.5 Å². The van der Waals surface area contributed by atoms with E-state index in [1.807, 2.05) is 0 Å². The van der Waals surface area contributed by atoms with Crippen molar-refractivity contribution in [3.05, 3.63) is 52.6 Å². The molecule has 2 amide bonds. The third-order valence-corrected chi connectivity index (χ3v) is 4.31. The molecule has 0 bridgehead atoms. The zero-order valence-electron chi connectivity index (χ0n) is 16.2. The van der Waals surface area contributed by atoms with Crippen LogP contribution >= 0.6 is 0 Å². The molecule has 12 heteroatoms. The van der Waals surface area contributed by atoms with Gasteiger partial charge in [-0.15, -0.1) is 5.10 Å². The number of carbonyl (C=O) groups excluding carboxylic acids is 2. The Hall–Kier alpha value is -3.70. The molecule has 0 spiro atoms. The average molecular weight is 422 g/mol. The molecular weight excluding hydrogens is 405 g/mol. The first-order valence-electron chi connectivity index (χ1n) is 8.63. The molecule has 0 radical (unpaired) electrons. The molecule has 2 aromatic heterocycles. The highest BCUT2D eigenvalue weighted by Gasteiger charge is 2.37. The maximum absolute atomic E-state index is 12.9. The molecule has 0 saturated heterocycles. The van der Waals surface area contributed by atoms with Crippen molar-refractivity contribution >= 4 is 17.6 Å². The second-order valence-corrected chi connectivity index (χ2v) is 6.31. The molecule has 0 aliphatic heterocycles. The molecule has 2 N–H and O–H groups in total. The summed E-state index contributed by atoms with van der Waals surface area (Å²) in [6.07, 6.45) is -4.94. The molecule has 0 saturated carbocycles. The van der Waals surface area contributed by atoms with Crippen molar-refractivity contribution in [2.75, 3.05) is 7.11 Å². The van der Waals surface area contributed by atoms with Crippen LogP contribution in [0.1, 0.15) is 33.1 Å². The molecular formula is C18H17F3N6O3. The Balaban J connectivity index is 1.72. The molecule has 3 aromatic rings. The monoisotopic (exact) mass is 422 g/mol. The number of rotatable bonds is 4. The number of fused-ring (bicyclic) bond motifs is 1. The second kappa shape index (κ2) is 7.97. The van der Waals surface area contributed by atoms with Gasteiger partial charge in [-0.1, -0.05) is 0 Å². The number of ether oxygens (including phenoxy) is 1. The Morgan fingerprint density at radius 2 is 1.77 bits per heavy atom. The summed E-state index contributed by atoms with van der Waals surface area (Å²) in [5.74, 6) is -2.08. The van der Waals surface area contributed by atoms with E-state index in [1.54, 1.807) is 19.1 Å². The van der Waals surface area contributed by atoms with Crippen LogP contribution in [0.4, 0.5) is 13.2 Å². The van der Waals surface area contributed by atoms with Crippen LogP contribution in [0.3, 0.4) is 0 Å². The van der Waals surface area contributed by atoms with Crippen molar-refractivity contribution < 1.29 is 27.5 Å². The molecule has 158 valence electrons. The lowest BCUT2D eigenvalue weighted by Gasteiger charge is -2.11. The van der Waals surface area contributed by atoms with Gasteiger partial charge in [0.1, 0.15) is 5.75 Å². The van der Waals surface area contributed by atoms with Gasteiger partial charge in [-0.2, -0.15) is 18.2 Å². The van der Waals surface area contributed by atoms with E-state index in [1.165, 1.54) is 26.2 Å². The Morgan fingerprint density at radius 3 is 2.37 bits per heavy atom. The van der Waals surface area contributed by atoms with Crippen molar-refractivity contribution in [1.82, 2.24) is 30.4 Å². The average Bonchev–Trinajstić information content (AvgIpc) is 3.14. The first-order valence-corrected chi connectivity index (χ1v) is 8.63. The van der Waals surface area contributed by atoms with Crippen molar-refractivity contribution in [3.8, 4) is 5.75 Å². The zero-order valence-corrected chi connectivity index (χ0v) is 16.2. The van der Waals surface area contributed by atoms with Gasteiger partial charge in [0.05, 0.1) is 13.5 Å². The highest BCUT2D eigenvalue weighted by Crippen LogP contribution is 2.27. The molecule has 2 heterocycles. The molecule has 0 atom stereocenters. The van der Waals surface area contributed by atoms with E-state index in [0.29, 0.717) is 22.6 Å². The first kappa shape index (κ1) is 21.0. The third-order valence-electron chi connectivity index (χ3n) is 4.31. The lowest BCUT2D eigenvalue weighted by Crippen LogP contribution is -2.42. The summed E-state index contributed by atoms with van der Waals surface area (Å²) in [6.45, 7) is 3.06. The Kier molecular flexibility index (Phi) is 5.58. The van der Waals surface area contributed by atoms with Gasteiger partial charge in [0.2, 0.25) is 5.91 Å². The largest absolute Gasteiger partial charge is 0.497 e. The number of halogens is 3. The van der Waals surface area contributed by atoms with Crippen molar-refractivity contribution in [1.29, 1.82) is 0 Å². The van der Waals surface area contributed by atoms with Gasteiger partial charge >= 0.3 is 6.18 Å². The number of hydrazine groups is 1. The minimum atomic E-state index is -4.71. The van der Waals surface area contributed by atoms with Crippen LogP contribution < -0.4 is 15.6 Å². The number of methoxy groups -OCH3 is 1. The van der Waals surface area contributed by atoms with Crippen molar-refractivity contribution in [2.45, 2.75) is 26.4 Å². The van der Waals surface area contributed by atoms with Crippen LogP contribution in [-0.2, 0) is 17.4 Å². The molecule has 3 rings (SSSR count). The van der Waals surface area contributed by atoms with Crippen LogP contribution in [0.15, 0.2) is 24.3 Å². The fraction of sp³-hybridized carbons (Fsp3) is 0.278. The van der Waals surface area contributed by atoms with Gasteiger partial charge in [-0.25, -0.2) is 9.50 Å². The molecule has 1 aromatic carbocycles. The van der Waals surface area contributed by atoms with Crippen molar-refractivity contribution in [3.63, 3.8) is 0 Å². The summed E-state index contributed by atoms with van der Waals surface area (Å²) in [5.41, 5.74) is 5.83. The van der Waals surface area contributed by atoms with E-state index in [9.17, 15) is 22.8 Å². The number of aryl methyl sites for hydroxylation is 2. The Morgan fingerprint density at radius 1 is 1.10 bits per heavy atom. The lowest BCUT2D eigenvalue weighted by atomic mass is 10.1. The second-order valence-electron chi connectivity index (χ2n) is 6.31. The highest BCUT2D eigenvalue weighted by atomic mass is 19.4. The number of nitrogens with one attached hydrogen (secondary N) is 2. The molecule has 0 aliphatic carbocycles. The van der Waals surface area contributed by atoms with Gasteiger partial charge in [-0.3, -0.25) is 20.4 Å². The number of nitrogens with zero attached hydrogens (tertiary/aromatic N) is 4. The fourth-order valence-electron chi connectivity index (χ4n) is 2.73. The molecule has 0 aliphatic rings. The number of carbonyl (C=O) groups is 2. The third kappa shape index (κ3) is 4.31. The van der Waals surface area contributed by atoms with E-state index < -0.39 is 23.8 Å². The lowest BCUT2D eigenvalue weighted by molar-refractivity contribution is -0.144. The zero-order chi connectivity index (χ0) is 22.1. The van der Waals surface area contributed by atoms with Crippen LogP contribution in [0, 0.1) is 13.8 Å². The smallest absolute Gasteiger partial charge is 0.453 e. The molecule has 0 unspecified atom stereocenters. The number of benzene rings is 1. The standard InChI is InChI=1S/C18H17F3N6O3/c1-9-13(10(2)27-17(22-9)23-16(26-27)18(19,20)21)8-14(28)24-25-15(29)11-4-6-12(30-3)7-5-11/h4-7H,8H2,1-3H3,(H,24,28)(H,25,29). The normalized spacial score (nSPS) is 11.4. The van der Waals surface area contributed by atoms with Crippen LogP contribution in [0.25, 0.3) is 5.78 Å². The van der Waals surface area contributed by atoms with Crippen LogP contribution in [-0.4, -0.2) is 38.5 Å². The quantitative estimate of drug-likeness (QED) is 0.620. The number of hydrogen-bond acceptors (Lipinski definition) is 6. The van der Waals surface area contributed by atoms with Gasteiger partial charge in [-0.05, 0) is 38.1 Å². The minimum absolute atomic E-state index is 0.214. The summed E-state index contributed by atoms with van der Waals surface area (Å²) in [7, 11) is 1.49. The Bertz CT molecular complexity index is 1110. The Labute approximate surface area is 168 Å². The van der Waals surface area contributed by atoms with E-state index in [2.05, 4.69) is 25.9 Å². The maximum atomic E-state index is 12.9. The van der Waals surface area contributed by atoms with Gasteiger partial charge in [0.15, 0.2) is 0 Å².